The molecule has 1 aliphatic heterocycles. The van der Waals surface area contributed by atoms with Gasteiger partial charge in [0.15, 0.2) is 0 Å². The number of carbonyl (C=O) groups is 1. The summed E-state index contributed by atoms with van der Waals surface area (Å²) >= 11 is 0. The Kier molecular flexibility index (Phi) is 4.61. The van der Waals surface area contributed by atoms with E-state index in [1.807, 2.05) is 0 Å². The van der Waals surface area contributed by atoms with E-state index in [9.17, 15) is 4.79 Å². The number of morpholine rings is 1. The molecule has 2 heterocycles. The molecule has 0 amide bonds. The van der Waals surface area contributed by atoms with Crippen molar-refractivity contribution in [3.8, 4) is 11.3 Å². The van der Waals surface area contributed by atoms with E-state index in [1.54, 1.807) is 0 Å². The van der Waals surface area contributed by atoms with E-state index in [0.29, 0.717) is 13.2 Å². The Morgan fingerprint density at radius 1 is 1.16 bits per heavy atom. The van der Waals surface area contributed by atoms with Crippen LogP contribution in [0.5, 0.6) is 0 Å². The molecule has 130 valence electrons. The van der Waals surface area contributed by atoms with Gasteiger partial charge in [-0.3, -0.25) is 9.69 Å². The van der Waals surface area contributed by atoms with Crippen LogP contribution in [0.4, 0.5) is 5.82 Å². The van der Waals surface area contributed by atoms with Gasteiger partial charge in [0.2, 0.25) is 0 Å². The minimum atomic E-state index is -0.144. The number of cyclic esters (lactones) is 1. The van der Waals surface area contributed by atoms with Crippen molar-refractivity contribution in [2.24, 2.45) is 0 Å². The zero-order valence-corrected chi connectivity index (χ0v) is 14.2. The number of hydrogen-bond donors (Lipinski definition) is 1. The SMILES string of the molecule is O=C1CN(CCNc2cc3c(nn2)-c2ccccc2CCC3)CCO1. The summed E-state index contributed by atoms with van der Waals surface area (Å²) in [6.45, 7) is 3.17. The number of carbonyl (C=O) groups excluding carboxylic acids is 1. The van der Waals surface area contributed by atoms with Gasteiger partial charge in [-0.1, -0.05) is 24.3 Å². The van der Waals surface area contributed by atoms with Crippen LogP contribution in [-0.4, -0.2) is 53.9 Å². The van der Waals surface area contributed by atoms with Crippen LogP contribution >= 0.6 is 0 Å². The monoisotopic (exact) mass is 338 g/mol. The molecule has 1 N–H and O–H groups in total. The van der Waals surface area contributed by atoms with Crippen molar-refractivity contribution < 1.29 is 9.53 Å². The molecule has 0 radical (unpaired) electrons. The number of esters is 1. The number of aryl methyl sites for hydroxylation is 2. The smallest absolute Gasteiger partial charge is 0.320 e. The highest BCUT2D eigenvalue weighted by molar-refractivity contribution is 5.72. The van der Waals surface area contributed by atoms with Crippen molar-refractivity contribution in [3.63, 3.8) is 0 Å². The van der Waals surface area contributed by atoms with Crippen LogP contribution < -0.4 is 5.32 Å². The fourth-order valence-corrected chi connectivity index (χ4v) is 3.50. The topological polar surface area (TPSA) is 67.4 Å². The van der Waals surface area contributed by atoms with Gasteiger partial charge >= 0.3 is 5.97 Å². The van der Waals surface area contributed by atoms with Crippen LogP contribution in [0.2, 0.25) is 0 Å². The number of nitrogens with zero attached hydrogens (tertiary/aromatic N) is 3. The first-order valence-electron chi connectivity index (χ1n) is 8.86. The van der Waals surface area contributed by atoms with Crippen LogP contribution in [0, 0.1) is 0 Å². The molecule has 0 saturated carbocycles. The quantitative estimate of drug-likeness (QED) is 0.859. The molecule has 1 aromatic heterocycles. The van der Waals surface area contributed by atoms with Crippen molar-refractivity contribution in [1.82, 2.24) is 15.1 Å². The average molecular weight is 338 g/mol. The lowest BCUT2D eigenvalue weighted by atomic mass is 10.0. The molecule has 0 spiro atoms. The predicted molar refractivity (Wildman–Crippen MR) is 95.4 cm³/mol. The third-order valence-corrected chi connectivity index (χ3v) is 4.79. The number of aromatic nitrogens is 2. The summed E-state index contributed by atoms with van der Waals surface area (Å²) < 4.78 is 4.95. The van der Waals surface area contributed by atoms with E-state index in [4.69, 9.17) is 4.74 Å². The van der Waals surface area contributed by atoms with Gasteiger partial charge in [0.25, 0.3) is 0 Å². The first-order valence-corrected chi connectivity index (χ1v) is 8.86. The summed E-state index contributed by atoms with van der Waals surface area (Å²) in [6.07, 6.45) is 3.23. The number of anilines is 1. The third-order valence-electron chi connectivity index (χ3n) is 4.79. The highest BCUT2D eigenvalue weighted by atomic mass is 16.5. The fraction of sp³-hybridized carbons (Fsp3) is 0.421. The molecule has 1 fully saturated rings. The van der Waals surface area contributed by atoms with Crippen molar-refractivity contribution >= 4 is 11.8 Å². The fourth-order valence-electron chi connectivity index (χ4n) is 3.50. The average Bonchev–Trinajstić information content (AvgIpc) is 2.81. The lowest BCUT2D eigenvalue weighted by molar-refractivity contribution is -0.150. The Morgan fingerprint density at radius 2 is 2.04 bits per heavy atom. The summed E-state index contributed by atoms with van der Waals surface area (Å²) in [7, 11) is 0. The molecule has 2 aliphatic rings. The van der Waals surface area contributed by atoms with Gasteiger partial charge in [-0.15, -0.1) is 10.2 Å². The number of ether oxygens (including phenoxy) is 1. The van der Waals surface area contributed by atoms with Crippen LogP contribution in [0.25, 0.3) is 11.3 Å². The third kappa shape index (κ3) is 3.64. The van der Waals surface area contributed by atoms with Crippen LogP contribution in [0.3, 0.4) is 0 Å². The van der Waals surface area contributed by atoms with E-state index in [2.05, 4.69) is 50.7 Å². The lowest BCUT2D eigenvalue weighted by Crippen LogP contribution is -2.41. The number of nitrogens with one attached hydrogen (secondary N) is 1. The molecule has 2 aromatic rings. The van der Waals surface area contributed by atoms with E-state index < -0.39 is 0 Å². The highest BCUT2D eigenvalue weighted by Gasteiger charge is 2.18. The summed E-state index contributed by atoms with van der Waals surface area (Å²) in [5, 5.41) is 12.2. The second kappa shape index (κ2) is 7.19. The second-order valence-corrected chi connectivity index (χ2v) is 6.54. The Hall–Kier alpha value is -2.47. The van der Waals surface area contributed by atoms with Crippen LogP contribution in [-0.2, 0) is 22.4 Å². The number of fused-ring (bicyclic) bond motifs is 3. The number of rotatable bonds is 4. The summed E-state index contributed by atoms with van der Waals surface area (Å²) in [4.78, 5) is 13.4. The molecular weight excluding hydrogens is 316 g/mol. The summed E-state index contributed by atoms with van der Waals surface area (Å²) in [5.41, 5.74) is 4.83. The molecule has 0 unspecified atom stereocenters. The van der Waals surface area contributed by atoms with Gasteiger partial charge in [0.1, 0.15) is 12.4 Å². The molecule has 1 aromatic carbocycles. The minimum Gasteiger partial charge on any atom is -0.463 e. The zero-order chi connectivity index (χ0) is 17.1. The largest absolute Gasteiger partial charge is 0.463 e. The van der Waals surface area contributed by atoms with Crippen LogP contribution in [0.1, 0.15) is 17.5 Å². The molecule has 1 aliphatic carbocycles. The normalized spacial score (nSPS) is 17.2. The van der Waals surface area contributed by atoms with E-state index in [1.165, 1.54) is 16.7 Å². The van der Waals surface area contributed by atoms with Gasteiger partial charge in [-0.2, -0.15) is 0 Å². The van der Waals surface area contributed by atoms with E-state index >= 15 is 0 Å². The second-order valence-electron chi connectivity index (χ2n) is 6.54. The van der Waals surface area contributed by atoms with Crippen molar-refractivity contribution in [2.75, 3.05) is 38.1 Å². The van der Waals surface area contributed by atoms with Crippen molar-refractivity contribution in [3.05, 3.63) is 41.5 Å². The zero-order valence-electron chi connectivity index (χ0n) is 14.2. The Bertz CT molecular complexity index is 778. The van der Waals surface area contributed by atoms with Gasteiger partial charge in [0, 0.05) is 25.2 Å². The standard InChI is InChI=1S/C19H22N4O2/c24-18-13-23(10-11-25-18)9-8-20-17-12-15-6-3-5-14-4-1-2-7-16(14)19(15)22-21-17/h1-2,4,7,12H,3,5-6,8-11,13H2,(H,20,21). The molecular formula is C19H22N4O2. The van der Waals surface area contributed by atoms with Gasteiger partial charge in [-0.25, -0.2) is 0 Å². The maximum absolute atomic E-state index is 11.3. The molecule has 0 atom stereocenters. The maximum atomic E-state index is 11.3. The first kappa shape index (κ1) is 16.0. The summed E-state index contributed by atoms with van der Waals surface area (Å²) in [5.74, 6) is 0.660. The molecule has 25 heavy (non-hydrogen) atoms. The van der Waals surface area contributed by atoms with Crippen molar-refractivity contribution in [2.45, 2.75) is 19.3 Å². The molecule has 4 rings (SSSR count). The van der Waals surface area contributed by atoms with Crippen LogP contribution in [0.15, 0.2) is 30.3 Å². The Labute approximate surface area is 147 Å². The summed E-state index contributed by atoms with van der Waals surface area (Å²) in [6, 6.07) is 10.6. The number of benzene rings is 1. The molecule has 0 bridgehead atoms. The van der Waals surface area contributed by atoms with Crippen molar-refractivity contribution in [1.29, 1.82) is 0 Å². The first-order chi connectivity index (χ1) is 12.3. The van der Waals surface area contributed by atoms with Gasteiger partial charge in [-0.05, 0) is 36.5 Å². The number of hydrogen-bond acceptors (Lipinski definition) is 6. The van der Waals surface area contributed by atoms with E-state index in [0.717, 1.165) is 50.4 Å². The van der Waals surface area contributed by atoms with E-state index in [-0.39, 0.29) is 5.97 Å². The molecule has 1 saturated heterocycles. The molecule has 6 heteroatoms. The predicted octanol–water partition coefficient (Wildman–Crippen LogP) is 1.90. The van der Waals surface area contributed by atoms with Gasteiger partial charge in [0.05, 0.1) is 12.2 Å². The Balaban J connectivity index is 1.43. The molecule has 6 nitrogen and oxygen atoms in total. The maximum Gasteiger partial charge on any atom is 0.320 e. The van der Waals surface area contributed by atoms with Gasteiger partial charge < -0.3 is 10.1 Å². The minimum absolute atomic E-state index is 0.144. The Morgan fingerprint density at radius 3 is 2.96 bits per heavy atom. The highest BCUT2D eigenvalue weighted by Crippen LogP contribution is 2.31. The lowest BCUT2D eigenvalue weighted by Gasteiger charge is -2.25.